The van der Waals surface area contributed by atoms with Crippen LogP contribution in [0.4, 0.5) is 0 Å². The van der Waals surface area contributed by atoms with Crippen LogP contribution in [0.25, 0.3) is 0 Å². The number of benzene rings is 1. The van der Waals surface area contributed by atoms with E-state index < -0.39 is 0 Å². The monoisotopic (exact) mass is 229 g/mol. The summed E-state index contributed by atoms with van der Waals surface area (Å²) in [7, 11) is 0. The topological polar surface area (TPSA) is 25.2 Å². The van der Waals surface area contributed by atoms with Crippen molar-refractivity contribution in [2.24, 2.45) is 0 Å². The van der Waals surface area contributed by atoms with E-state index >= 15 is 0 Å². The van der Waals surface area contributed by atoms with Gasteiger partial charge in [0.1, 0.15) is 0 Å². The second kappa shape index (κ2) is 5.69. The molecule has 1 N–H and O–H groups in total. The largest absolute Gasteiger partial charge is 0.472 e. The van der Waals surface area contributed by atoms with Crippen molar-refractivity contribution in [3.05, 3.63) is 59.5 Å². The van der Waals surface area contributed by atoms with Gasteiger partial charge in [0.05, 0.1) is 18.6 Å². The Hall–Kier alpha value is -1.54. The van der Waals surface area contributed by atoms with Gasteiger partial charge in [-0.1, -0.05) is 36.8 Å². The number of furan rings is 1. The van der Waals surface area contributed by atoms with Gasteiger partial charge in [-0.15, -0.1) is 0 Å². The highest BCUT2D eigenvalue weighted by atomic mass is 16.3. The minimum Gasteiger partial charge on any atom is -0.472 e. The van der Waals surface area contributed by atoms with Crippen molar-refractivity contribution in [3.63, 3.8) is 0 Å². The van der Waals surface area contributed by atoms with E-state index in [9.17, 15) is 0 Å². The van der Waals surface area contributed by atoms with Crippen LogP contribution in [-0.2, 0) is 0 Å². The summed E-state index contributed by atoms with van der Waals surface area (Å²) >= 11 is 0. The molecule has 2 aromatic rings. The molecule has 0 aliphatic heterocycles. The zero-order valence-corrected chi connectivity index (χ0v) is 10.4. The molecule has 0 saturated heterocycles. The molecule has 0 fully saturated rings. The summed E-state index contributed by atoms with van der Waals surface area (Å²) in [6.07, 6.45) is 4.67. The molecule has 0 saturated carbocycles. The molecule has 1 heterocycles. The molecule has 1 aromatic heterocycles. The molecular formula is C15H19NO. The highest BCUT2D eigenvalue weighted by Crippen LogP contribution is 2.23. The summed E-state index contributed by atoms with van der Waals surface area (Å²) < 4.78 is 5.19. The smallest absolute Gasteiger partial charge is 0.0953 e. The fourth-order valence-corrected chi connectivity index (χ4v) is 2.01. The first-order valence-corrected chi connectivity index (χ1v) is 6.13. The van der Waals surface area contributed by atoms with Crippen molar-refractivity contribution < 1.29 is 4.42 Å². The number of hydrogen-bond acceptors (Lipinski definition) is 2. The third-order valence-electron chi connectivity index (χ3n) is 2.85. The molecule has 2 rings (SSSR count). The zero-order chi connectivity index (χ0) is 12.1. The summed E-state index contributed by atoms with van der Waals surface area (Å²) in [6, 6.07) is 10.9. The van der Waals surface area contributed by atoms with E-state index in [0.717, 1.165) is 13.0 Å². The van der Waals surface area contributed by atoms with E-state index in [1.807, 2.05) is 12.3 Å². The minimum absolute atomic E-state index is 0.230. The average Bonchev–Trinajstić information content (AvgIpc) is 2.83. The highest BCUT2D eigenvalue weighted by Gasteiger charge is 2.14. The first-order chi connectivity index (χ1) is 8.31. The molecule has 1 unspecified atom stereocenters. The van der Waals surface area contributed by atoms with Crippen molar-refractivity contribution in [3.8, 4) is 0 Å². The Morgan fingerprint density at radius 2 is 2.12 bits per heavy atom. The van der Waals surface area contributed by atoms with Gasteiger partial charge in [0.15, 0.2) is 0 Å². The van der Waals surface area contributed by atoms with Crippen LogP contribution in [0.15, 0.2) is 47.3 Å². The van der Waals surface area contributed by atoms with Gasteiger partial charge in [-0.05, 0) is 31.5 Å². The van der Waals surface area contributed by atoms with Crippen LogP contribution in [0, 0.1) is 6.92 Å². The first-order valence-electron chi connectivity index (χ1n) is 6.13. The maximum atomic E-state index is 5.19. The number of rotatable bonds is 5. The molecule has 1 atom stereocenters. The lowest BCUT2D eigenvalue weighted by Gasteiger charge is -2.18. The minimum atomic E-state index is 0.230. The second-order valence-corrected chi connectivity index (χ2v) is 4.36. The van der Waals surface area contributed by atoms with Crippen molar-refractivity contribution in [2.45, 2.75) is 26.3 Å². The van der Waals surface area contributed by atoms with E-state index in [1.165, 1.54) is 16.7 Å². The van der Waals surface area contributed by atoms with Crippen molar-refractivity contribution in [1.82, 2.24) is 5.32 Å². The Morgan fingerprint density at radius 1 is 1.24 bits per heavy atom. The number of aryl methyl sites for hydroxylation is 1. The van der Waals surface area contributed by atoms with Crippen LogP contribution in [0.5, 0.6) is 0 Å². The molecule has 0 spiro atoms. The predicted octanol–water partition coefficient (Wildman–Crippen LogP) is 3.68. The van der Waals surface area contributed by atoms with Gasteiger partial charge < -0.3 is 9.73 Å². The molecule has 2 nitrogen and oxygen atoms in total. The Balaban J connectivity index is 2.27. The summed E-state index contributed by atoms with van der Waals surface area (Å²) in [5.74, 6) is 0. The summed E-state index contributed by atoms with van der Waals surface area (Å²) in [6.45, 7) is 5.30. The first kappa shape index (κ1) is 11.9. The van der Waals surface area contributed by atoms with E-state index in [0.29, 0.717) is 0 Å². The van der Waals surface area contributed by atoms with Crippen LogP contribution in [0.3, 0.4) is 0 Å². The van der Waals surface area contributed by atoms with E-state index in [1.54, 1.807) is 6.26 Å². The van der Waals surface area contributed by atoms with Crippen LogP contribution in [-0.4, -0.2) is 6.54 Å². The van der Waals surface area contributed by atoms with Crippen LogP contribution in [0.1, 0.15) is 36.1 Å². The molecule has 2 heteroatoms. The molecule has 0 aliphatic carbocycles. The molecule has 1 aromatic carbocycles. The maximum absolute atomic E-state index is 5.19. The van der Waals surface area contributed by atoms with Crippen molar-refractivity contribution in [2.75, 3.05) is 6.54 Å². The lowest BCUT2D eigenvalue weighted by Crippen LogP contribution is -2.22. The summed E-state index contributed by atoms with van der Waals surface area (Å²) in [4.78, 5) is 0. The third kappa shape index (κ3) is 2.98. The number of nitrogens with one attached hydrogen (secondary N) is 1. The summed E-state index contributed by atoms with van der Waals surface area (Å²) in [5, 5.41) is 3.56. The summed E-state index contributed by atoms with van der Waals surface area (Å²) in [5.41, 5.74) is 3.76. The zero-order valence-electron chi connectivity index (χ0n) is 10.4. The Labute approximate surface area is 103 Å². The van der Waals surface area contributed by atoms with Crippen molar-refractivity contribution in [1.29, 1.82) is 0 Å². The highest BCUT2D eigenvalue weighted by molar-refractivity contribution is 5.32. The molecule has 0 aliphatic rings. The molecule has 0 radical (unpaired) electrons. The fourth-order valence-electron chi connectivity index (χ4n) is 2.01. The van der Waals surface area contributed by atoms with Crippen molar-refractivity contribution >= 4 is 0 Å². The van der Waals surface area contributed by atoms with Crippen LogP contribution >= 0.6 is 0 Å². The van der Waals surface area contributed by atoms with Gasteiger partial charge in [-0.3, -0.25) is 0 Å². The molecule has 0 bridgehead atoms. The number of hydrogen-bond donors (Lipinski definition) is 1. The molecule has 17 heavy (non-hydrogen) atoms. The quantitative estimate of drug-likeness (QED) is 0.846. The lowest BCUT2D eigenvalue weighted by atomic mass is 9.99. The Morgan fingerprint density at radius 3 is 2.76 bits per heavy atom. The standard InChI is InChI=1S/C15H19NO/c1-3-8-16-15(14-7-9-17-11-14)13-6-4-5-12(2)10-13/h4-7,9-11,15-16H,3,8H2,1-2H3. The molecule has 0 amide bonds. The SMILES string of the molecule is CCCNC(c1ccoc1)c1cccc(C)c1. The van der Waals surface area contributed by atoms with Gasteiger partial charge in [0, 0.05) is 5.56 Å². The fraction of sp³-hybridized carbons (Fsp3) is 0.333. The third-order valence-corrected chi connectivity index (χ3v) is 2.85. The second-order valence-electron chi connectivity index (χ2n) is 4.36. The van der Waals surface area contributed by atoms with E-state index in [4.69, 9.17) is 4.42 Å². The van der Waals surface area contributed by atoms with Crippen LogP contribution < -0.4 is 5.32 Å². The Kier molecular flexibility index (Phi) is 3.99. The average molecular weight is 229 g/mol. The normalized spacial score (nSPS) is 12.6. The van der Waals surface area contributed by atoms with Gasteiger partial charge in [-0.2, -0.15) is 0 Å². The molecule has 90 valence electrons. The lowest BCUT2D eigenvalue weighted by molar-refractivity contribution is 0.548. The van der Waals surface area contributed by atoms with Gasteiger partial charge in [0.2, 0.25) is 0 Å². The van der Waals surface area contributed by atoms with Gasteiger partial charge in [-0.25, -0.2) is 0 Å². The van der Waals surface area contributed by atoms with E-state index in [2.05, 4.69) is 43.4 Å². The predicted molar refractivity (Wildman–Crippen MR) is 70.0 cm³/mol. The van der Waals surface area contributed by atoms with Crippen LogP contribution in [0.2, 0.25) is 0 Å². The molecular weight excluding hydrogens is 210 g/mol. The van der Waals surface area contributed by atoms with Gasteiger partial charge >= 0.3 is 0 Å². The Bertz CT molecular complexity index is 448. The van der Waals surface area contributed by atoms with E-state index in [-0.39, 0.29) is 6.04 Å². The van der Waals surface area contributed by atoms with Gasteiger partial charge in [0.25, 0.3) is 0 Å². The maximum Gasteiger partial charge on any atom is 0.0953 e.